The first-order valence-electron chi connectivity index (χ1n) is 11.7. The SMILES string of the molecule is Oc1ccc(/C=C/[C@@H]2c3ccc(O)cc3O[C@H]3c4ccc(O)cc4O[C@H](c4ccc(O)cc4)[C@@H]23)cc1. The number of rotatable bonds is 3. The first-order valence-corrected chi connectivity index (χ1v) is 11.7. The van der Waals surface area contributed by atoms with Gasteiger partial charge in [0.25, 0.3) is 0 Å². The van der Waals surface area contributed by atoms with Crippen LogP contribution in [0.5, 0.6) is 34.5 Å². The highest BCUT2D eigenvalue weighted by atomic mass is 16.5. The monoisotopic (exact) mass is 480 g/mol. The van der Waals surface area contributed by atoms with Gasteiger partial charge < -0.3 is 29.9 Å². The standard InChI is InChI=1S/C30H24O6/c31-19-6-1-17(2-7-19)3-12-24-23-13-10-21(33)15-26(23)36-30-25-14-11-22(34)16-27(25)35-29(28(24)30)18-4-8-20(32)9-5-18/h1-16,24,28-34H/b12-3+/t24-,28-,29-,30+/m1/s1. The van der Waals surface area contributed by atoms with Crippen molar-refractivity contribution in [1.29, 1.82) is 0 Å². The fraction of sp³-hybridized carbons (Fsp3) is 0.133. The first-order chi connectivity index (χ1) is 17.5. The molecular weight excluding hydrogens is 456 g/mol. The Morgan fingerprint density at radius 3 is 1.75 bits per heavy atom. The minimum Gasteiger partial charge on any atom is -0.508 e. The molecule has 0 saturated carbocycles. The summed E-state index contributed by atoms with van der Waals surface area (Å²) in [6, 6.07) is 24.0. The number of phenols is 4. The van der Waals surface area contributed by atoms with Crippen LogP contribution in [0.3, 0.4) is 0 Å². The number of benzene rings is 4. The van der Waals surface area contributed by atoms with Crippen molar-refractivity contribution in [2.24, 2.45) is 5.92 Å². The minimum atomic E-state index is -0.443. The van der Waals surface area contributed by atoms with Crippen LogP contribution in [-0.2, 0) is 0 Å². The van der Waals surface area contributed by atoms with Crippen LogP contribution in [0.1, 0.15) is 40.4 Å². The number of aromatic hydroxyl groups is 4. The van der Waals surface area contributed by atoms with Crippen LogP contribution in [-0.4, -0.2) is 20.4 Å². The summed E-state index contributed by atoms with van der Waals surface area (Å²) >= 11 is 0. The number of hydrogen-bond acceptors (Lipinski definition) is 6. The maximum absolute atomic E-state index is 10.2. The van der Waals surface area contributed by atoms with Crippen molar-refractivity contribution in [2.45, 2.75) is 18.1 Å². The summed E-state index contributed by atoms with van der Waals surface area (Å²) in [5.41, 5.74) is 3.52. The Morgan fingerprint density at radius 2 is 1.08 bits per heavy atom. The van der Waals surface area contributed by atoms with E-state index in [4.69, 9.17) is 9.47 Å². The Bertz CT molecular complexity index is 1440. The van der Waals surface area contributed by atoms with Gasteiger partial charge in [-0.05, 0) is 53.6 Å². The average molecular weight is 481 g/mol. The molecular formula is C30H24O6. The van der Waals surface area contributed by atoms with Crippen LogP contribution in [0, 0.1) is 5.92 Å². The molecule has 2 aliphatic rings. The van der Waals surface area contributed by atoms with Crippen molar-refractivity contribution < 1.29 is 29.9 Å². The summed E-state index contributed by atoms with van der Waals surface area (Å²) in [5.74, 6) is 1.32. The number of hydrogen-bond donors (Lipinski definition) is 4. The molecule has 6 nitrogen and oxygen atoms in total. The van der Waals surface area contributed by atoms with Crippen molar-refractivity contribution in [2.75, 3.05) is 0 Å². The highest BCUT2D eigenvalue weighted by molar-refractivity contribution is 5.56. The van der Waals surface area contributed by atoms with Crippen LogP contribution >= 0.6 is 0 Å². The maximum atomic E-state index is 10.2. The molecule has 0 aliphatic carbocycles. The van der Waals surface area contributed by atoms with Crippen molar-refractivity contribution in [3.8, 4) is 34.5 Å². The van der Waals surface area contributed by atoms with Crippen LogP contribution < -0.4 is 9.47 Å². The van der Waals surface area contributed by atoms with Crippen molar-refractivity contribution in [3.05, 3.63) is 113 Å². The molecule has 0 saturated heterocycles. The van der Waals surface area contributed by atoms with Gasteiger partial charge in [-0.3, -0.25) is 0 Å². The highest BCUT2D eigenvalue weighted by Gasteiger charge is 2.48. The van der Waals surface area contributed by atoms with E-state index in [1.807, 2.05) is 42.5 Å². The van der Waals surface area contributed by atoms with E-state index < -0.39 is 12.2 Å². The van der Waals surface area contributed by atoms with Gasteiger partial charge >= 0.3 is 0 Å². The molecule has 0 amide bonds. The summed E-state index contributed by atoms with van der Waals surface area (Å²) in [7, 11) is 0. The van der Waals surface area contributed by atoms with Crippen LogP contribution in [0.4, 0.5) is 0 Å². The van der Waals surface area contributed by atoms with Gasteiger partial charge in [0.05, 0.1) is 5.92 Å². The molecule has 180 valence electrons. The van der Waals surface area contributed by atoms with Crippen molar-refractivity contribution in [3.63, 3.8) is 0 Å². The zero-order chi connectivity index (χ0) is 24.8. The Kier molecular flexibility index (Phi) is 5.22. The van der Waals surface area contributed by atoms with Gasteiger partial charge in [-0.15, -0.1) is 0 Å². The van der Waals surface area contributed by atoms with E-state index in [0.29, 0.717) is 11.5 Å². The molecule has 2 heterocycles. The lowest BCUT2D eigenvalue weighted by Crippen LogP contribution is -2.39. The molecule has 0 aromatic heterocycles. The summed E-state index contributed by atoms with van der Waals surface area (Å²) in [6.07, 6.45) is 3.24. The molecule has 0 radical (unpaired) electrons. The Morgan fingerprint density at radius 1 is 0.556 bits per heavy atom. The van der Waals surface area contributed by atoms with Crippen molar-refractivity contribution >= 4 is 6.08 Å². The predicted molar refractivity (Wildman–Crippen MR) is 134 cm³/mol. The predicted octanol–water partition coefficient (Wildman–Crippen LogP) is 6.19. The van der Waals surface area contributed by atoms with E-state index in [1.54, 1.807) is 48.5 Å². The Labute approximate surface area is 207 Å². The summed E-state index contributed by atoms with van der Waals surface area (Å²) in [6.45, 7) is 0. The summed E-state index contributed by atoms with van der Waals surface area (Å²) < 4.78 is 13.0. The smallest absolute Gasteiger partial charge is 0.135 e. The van der Waals surface area contributed by atoms with Gasteiger partial charge in [0.1, 0.15) is 46.7 Å². The molecule has 0 bridgehead atoms. The molecule has 6 heteroatoms. The molecule has 4 N–H and O–H groups in total. The molecule has 36 heavy (non-hydrogen) atoms. The van der Waals surface area contributed by atoms with Gasteiger partial charge in [0.15, 0.2) is 0 Å². The van der Waals surface area contributed by atoms with Gasteiger partial charge in [-0.2, -0.15) is 0 Å². The second-order valence-electron chi connectivity index (χ2n) is 9.17. The second kappa shape index (κ2) is 8.57. The van der Waals surface area contributed by atoms with E-state index >= 15 is 0 Å². The lowest BCUT2D eigenvalue weighted by atomic mass is 9.71. The van der Waals surface area contributed by atoms with E-state index in [-0.39, 0.29) is 34.8 Å². The van der Waals surface area contributed by atoms with Crippen molar-refractivity contribution in [1.82, 2.24) is 0 Å². The fourth-order valence-corrected chi connectivity index (χ4v) is 5.19. The molecule has 4 atom stereocenters. The van der Waals surface area contributed by atoms with Crippen LogP contribution in [0.15, 0.2) is 91.0 Å². The number of ether oxygens (including phenoxy) is 2. The topological polar surface area (TPSA) is 99.4 Å². The normalized spacial score (nSPS) is 22.1. The maximum Gasteiger partial charge on any atom is 0.135 e. The average Bonchev–Trinajstić information content (AvgIpc) is 2.87. The van der Waals surface area contributed by atoms with Crippen LogP contribution in [0.25, 0.3) is 6.08 Å². The van der Waals surface area contributed by atoms with E-state index in [2.05, 4.69) is 6.08 Å². The van der Waals surface area contributed by atoms with E-state index in [9.17, 15) is 20.4 Å². The number of phenolic OH excluding ortho intramolecular Hbond substituents is 4. The third kappa shape index (κ3) is 3.86. The Hall–Kier alpha value is -4.58. The quantitative estimate of drug-likeness (QED) is 0.279. The number of fused-ring (bicyclic) bond motifs is 4. The molecule has 0 fully saturated rings. The molecule has 0 spiro atoms. The van der Waals surface area contributed by atoms with Gasteiger partial charge in [-0.25, -0.2) is 0 Å². The Balaban J connectivity index is 1.52. The van der Waals surface area contributed by atoms with Gasteiger partial charge in [-0.1, -0.05) is 42.5 Å². The van der Waals surface area contributed by atoms with Gasteiger partial charge in [0, 0.05) is 29.2 Å². The lowest BCUT2D eigenvalue weighted by molar-refractivity contribution is -0.00849. The van der Waals surface area contributed by atoms with Crippen LogP contribution in [0.2, 0.25) is 0 Å². The zero-order valence-electron chi connectivity index (χ0n) is 19.2. The fourth-order valence-electron chi connectivity index (χ4n) is 5.19. The largest absolute Gasteiger partial charge is 0.508 e. The van der Waals surface area contributed by atoms with Gasteiger partial charge in [0.2, 0.25) is 0 Å². The first kappa shape index (κ1) is 21.9. The third-order valence-corrected chi connectivity index (χ3v) is 6.89. The van der Waals surface area contributed by atoms with E-state index in [1.165, 1.54) is 0 Å². The third-order valence-electron chi connectivity index (χ3n) is 6.89. The molecule has 4 aromatic rings. The molecule has 0 unspecified atom stereocenters. The summed E-state index contributed by atoms with van der Waals surface area (Å²) in [4.78, 5) is 0. The second-order valence-corrected chi connectivity index (χ2v) is 9.17. The number of allylic oxidation sites excluding steroid dienone is 1. The lowest BCUT2D eigenvalue weighted by Gasteiger charge is -2.46. The molecule has 6 rings (SSSR count). The molecule has 2 aliphatic heterocycles. The summed E-state index contributed by atoms with van der Waals surface area (Å²) in [5, 5.41) is 39.9. The molecule has 4 aromatic carbocycles. The zero-order valence-corrected chi connectivity index (χ0v) is 19.2. The minimum absolute atomic E-state index is 0.0919. The highest BCUT2D eigenvalue weighted by Crippen LogP contribution is 2.57. The van der Waals surface area contributed by atoms with E-state index in [0.717, 1.165) is 22.3 Å².